The maximum absolute atomic E-state index is 12.3. The minimum atomic E-state index is -0.180. The summed E-state index contributed by atoms with van der Waals surface area (Å²) in [6.45, 7) is 0.544. The summed E-state index contributed by atoms with van der Waals surface area (Å²) in [5, 5.41) is 6.47. The van der Waals surface area contributed by atoms with Crippen molar-refractivity contribution < 1.29 is 9.53 Å². The van der Waals surface area contributed by atoms with Crippen LogP contribution in [0.3, 0.4) is 0 Å². The average Bonchev–Trinajstić information content (AvgIpc) is 2.67. The van der Waals surface area contributed by atoms with E-state index >= 15 is 0 Å². The number of anilines is 2. The number of rotatable bonds is 7. The van der Waals surface area contributed by atoms with E-state index in [0.29, 0.717) is 23.1 Å². The fraction of sp³-hybridized carbons (Fsp3) is 0.0952. The van der Waals surface area contributed by atoms with E-state index in [9.17, 15) is 4.79 Å². The number of halogens is 1. The second-order valence-electron chi connectivity index (χ2n) is 5.65. The van der Waals surface area contributed by atoms with E-state index in [0.717, 1.165) is 11.3 Å². The first kappa shape index (κ1) is 17.8. The third-order valence-corrected chi connectivity index (χ3v) is 4.04. The van der Waals surface area contributed by atoms with E-state index < -0.39 is 0 Å². The van der Waals surface area contributed by atoms with Gasteiger partial charge >= 0.3 is 0 Å². The zero-order chi connectivity index (χ0) is 18.2. The SMILES string of the molecule is O=C(CNc1ccccc1Cl)Nc1ccccc1OCc1ccccc1. The van der Waals surface area contributed by atoms with Crippen LogP contribution in [0.1, 0.15) is 5.56 Å². The molecule has 3 rings (SSSR count). The lowest BCUT2D eigenvalue weighted by molar-refractivity contribution is -0.114. The molecule has 26 heavy (non-hydrogen) atoms. The average molecular weight is 367 g/mol. The van der Waals surface area contributed by atoms with Crippen LogP contribution < -0.4 is 15.4 Å². The van der Waals surface area contributed by atoms with Crippen molar-refractivity contribution in [2.75, 3.05) is 17.2 Å². The molecule has 4 nitrogen and oxygen atoms in total. The standard InChI is InChI=1S/C21H19ClN2O2/c22-17-10-4-5-11-18(17)23-14-21(25)24-19-12-6-7-13-20(19)26-15-16-8-2-1-3-9-16/h1-13,23H,14-15H2,(H,24,25). The Morgan fingerprint density at radius 1 is 0.846 bits per heavy atom. The van der Waals surface area contributed by atoms with Gasteiger partial charge in [0.1, 0.15) is 12.4 Å². The van der Waals surface area contributed by atoms with Gasteiger partial charge in [0, 0.05) is 0 Å². The molecule has 5 heteroatoms. The number of carbonyl (C=O) groups is 1. The van der Waals surface area contributed by atoms with Gasteiger partial charge in [-0.3, -0.25) is 4.79 Å². The van der Waals surface area contributed by atoms with Crippen LogP contribution in [-0.4, -0.2) is 12.5 Å². The number of carbonyl (C=O) groups excluding carboxylic acids is 1. The summed E-state index contributed by atoms with van der Waals surface area (Å²) >= 11 is 6.08. The predicted octanol–water partition coefficient (Wildman–Crippen LogP) is 4.97. The third-order valence-electron chi connectivity index (χ3n) is 3.71. The lowest BCUT2D eigenvalue weighted by Gasteiger charge is -2.13. The van der Waals surface area contributed by atoms with Gasteiger partial charge in [0.15, 0.2) is 0 Å². The molecule has 0 radical (unpaired) electrons. The maximum Gasteiger partial charge on any atom is 0.243 e. The minimum absolute atomic E-state index is 0.108. The fourth-order valence-electron chi connectivity index (χ4n) is 2.41. The van der Waals surface area contributed by atoms with Crippen molar-refractivity contribution in [2.24, 2.45) is 0 Å². The van der Waals surface area contributed by atoms with Crippen molar-refractivity contribution in [3.05, 3.63) is 89.4 Å². The molecule has 0 aliphatic carbocycles. The number of para-hydroxylation sites is 3. The Bertz CT molecular complexity index is 869. The van der Waals surface area contributed by atoms with Crippen LogP contribution in [0.4, 0.5) is 11.4 Å². The molecule has 0 spiro atoms. The van der Waals surface area contributed by atoms with E-state index in [1.165, 1.54) is 0 Å². The highest BCUT2D eigenvalue weighted by Gasteiger charge is 2.08. The Morgan fingerprint density at radius 2 is 1.50 bits per heavy atom. The van der Waals surface area contributed by atoms with Crippen molar-refractivity contribution in [1.29, 1.82) is 0 Å². The summed E-state index contributed by atoms with van der Waals surface area (Å²) in [5.41, 5.74) is 2.42. The molecule has 3 aromatic rings. The van der Waals surface area contributed by atoms with Crippen molar-refractivity contribution >= 4 is 28.9 Å². The van der Waals surface area contributed by atoms with Gasteiger partial charge in [-0.1, -0.05) is 66.2 Å². The first-order chi connectivity index (χ1) is 12.7. The highest BCUT2D eigenvalue weighted by Crippen LogP contribution is 2.25. The van der Waals surface area contributed by atoms with Crippen LogP contribution >= 0.6 is 11.6 Å². The van der Waals surface area contributed by atoms with Gasteiger partial charge in [0.25, 0.3) is 0 Å². The van der Waals surface area contributed by atoms with Gasteiger partial charge in [-0.25, -0.2) is 0 Å². The summed E-state index contributed by atoms with van der Waals surface area (Å²) in [6, 6.07) is 24.6. The van der Waals surface area contributed by atoms with Gasteiger partial charge in [-0.05, 0) is 29.8 Å². The Morgan fingerprint density at radius 3 is 2.27 bits per heavy atom. The van der Waals surface area contributed by atoms with E-state index in [4.69, 9.17) is 16.3 Å². The van der Waals surface area contributed by atoms with Crippen LogP contribution in [0.5, 0.6) is 5.75 Å². The molecule has 0 bridgehead atoms. The highest BCUT2D eigenvalue weighted by molar-refractivity contribution is 6.33. The molecule has 0 saturated carbocycles. The lowest BCUT2D eigenvalue weighted by Crippen LogP contribution is -2.22. The molecule has 0 saturated heterocycles. The Balaban J connectivity index is 1.59. The zero-order valence-corrected chi connectivity index (χ0v) is 14.9. The van der Waals surface area contributed by atoms with E-state index in [1.807, 2.05) is 72.8 Å². The van der Waals surface area contributed by atoms with Crippen LogP contribution in [0.15, 0.2) is 78.9 Å². The largest absolute Gasteiger partial charge is 0.487 e. The van der Waals surface area contributed by atoms with Gasteiger partial charge in [-0.2, -0.15) is 0 Å². The zero-order valence-electron chi connectivity index (χ0n) is 14.1. The summed E-state index contributed by atoms with van der Waals surface area (Å²) in [6.07, 6.45) is 0. The molecule has 1 amide bonds. The van der Waals surface area contributed by atoms with Crippen LogP contribution in [0, 0.1) is 0 Å². The number of nitrogens with one attached hydrogen (secondary N) is 2. The lowest BCUT2D eigenvalue weighted by atomic mass is 10.2. The fourth-order valence-corrected chi connectivity index (χ4v) is 2.61. The molecule has 0 fully saturated rings. The molecule has 0 unspecified atom stereocenters. The third kappa shape index (κ3) is 5.01. The van der Waals surface area contributed by atoms with E-state index in [-0.39, 0.29) is 12.5 Å². The molecule has 0 aliphatic heterocycles. The van der Waals surface area contributed by atoms with Crippen molar-refractivity contribution in [1.82, 2.24) is 0 Å². The van der Waals surface area contributed by atoms with Crippen molar-refractivity contribution in [2.45, 2.75) is 6.61 Å². The van der Waals surface area contributed by atoms with E-state index in [2.05, 4.69) is 10.6 Å². The molecular formula is C21H19ClN2O2. The molecule has 0 atom stereocenters. The van der Waals surface area contributed by atoms with Crippen LogP contribution in [0.25, 0.3) is 0 Å². The Labute approximate surface area is 157 Å². The molecule has 0 heterocycles. The number of amides is 1. The minimum Gasteiger partial charge on any atom is -0.487 e. The predicted molar refractivity (Wildman–Crippen MR) is 106 cm³/mol. The number of ether oxygens (including phenoxy) is 1. The Kier molecular flexibility index (Phi) is 6.12. The maximum atomic E-state index is 12.3. The monoisotopic (exact) mass is 366 g/mol. The Hall–Kier alpha value is -2.98. The number of hydrogen-bond donors (Lipinski definition) is 2. The molecule has 0 aromatic heterocycles. The molecular weight excluding hydrogens is 348 g/mol. The molecule has 2 N–H and O–H groups in total. The second kappa shape index (κ2) is 8.92. The van der Waals surface area contributed by atoms with Crippen LogP contribution in [-0.2, 0) is 11.4 Å². The second-order valence-corrected chi connectivity index (χ2v) is 6.06. The van der Waals surface area contributed by atoms with Crippen LogP contribution in [0.2, 0.25) is 5.02 Å². The number of benzene rings is 3. The normalized spacial score (nSPS) is 10.2. The smallest absolute Gasteiger partial charge is 0.243 e. The van der Waals surface area contributed by atoms with Gasteiger partial charge in [0.2, 0.25) is 5.91 Å². The molecule has 0 aliphatic rings. The highest BCUT2D eigenvalue weighted by atomic mass is 35.5. The summed E-state index contributed by atoms with van der Waals surface area (Å²) in [7, 11) is 0. The van der Waals surface area contributed by atoms with Gasteiger partial charge in [0.05, 0.1) is 22.9 Å². The molecule has 3 aromatic carbocycles. The topological polar surface area (TPSA) is 50.4 Å². The number of hydrogen-bond acceptors (Lipinski definition) is 3. The first-order valence-electron chi connectivity index (χ1n) is 8.26. The summed E-state index contributed by atoms with van der Waals surface area (Å²) in [4.78, 5) is 12.3. The van der Waals surface area contributed by atoms with Crippen molar-refractivity contribution in [3.63, 3.8) is 0 Å². The summed E-state index contributed by atoms with van der Waals surface area (Å²) < 4.78 is 5.85. The quantitative estimate of drug-likeness (QED) is 0.620. The molecule has 132 valence electrons. The van der Waals surface area contributed by atoms with Crippen molar-refractivity contribution in [3.8, 4) is 5.75 Å². The van der Waals surface area contributed by atoms with Gasteiger partial charge < -0.3 is 15.4 Å². The van der Waals surface area contributed by atoms with E-state index in [1.54, 1.807) is 6.07 Å². The first-order valence-corrected chi connectivity index (χ1v) is 8.64. The summed E-state index contributed by atoms with van der Waals surface area (Å²) in [5.74, 6) is 0.447. The van der Waals surface area contributed by atoms with Gasteiger partial charge in [-0.15, -0.1) is 0 Å².